The Bertz CT molecular complexity index is 449. The molecule has 0 unspecified atom stereocenters. The molecule has 5 nitrogen and oxygen atoms in total. The van der Waals surface area contributed by atoms with Crippen LogP contribution in [-0.4, -0.2) is 29.1 Å². The van der Waals surface area contributed by atoms with E-state index in [-0.39, 0.29) is 5.56 Å². The van der Waals surface area contributed by atoms with Crippen LogP contribution in [0.5, 0.6) is 0 Å². The lowest BCUT2D eigenvalue weighted by atomic mass is 9.78. The molecule has 86 valence electrons. The maximum absolute atomic E-state index is 11.5. The molecule has 1 aliphatic heterocycles. The molecular weight excluding hydrogens is 204 g/mol. The topological polar surface area (TPSA) is 75.0 Å². The second-order valence-corrected chi connectivity index (χ2v) is 5.10. The summed E-state index contributed by atoms with van der Waals surface area (Å²) in [6.45, 7) is 1.86. The molecule has 1 aromatic heterocycles. The molecular formula is C11H16N4O. The molecule has 3 N–H and O–H groups in total. The van der Waals surface area contributed by atoms with Crippen LogP contribution in [0.25, 0.3) is 0 Å². The van der Waals surface area contributed by atoms with Gasteiger partial charge in [-0.1, -0.05) is 0 Å². The minimum absolute atomic E-state index is 0.0976. The van der Waals surface area contributed by atoms with Gasteiger partial charge in [0.2, 0.25) is 0 Å². The average Bonchev–Trinajstić information content (AvgIpc) is 2.60. The first-order valence-electron chi connectivity index (χ1n) is 5.73. The Labute approximate surface area is 93.7 Å². The van der Waals surface area contributed by atoms with Crippen LogP contribution in [0.3, 0.4) is 0 Å². The Morgan fingerprint density at radius 1 is 1.56 bits per heavy atom. The fourth-order valence-corrected chi connectivity index (χ4v) is 3.02. The number of nitrogens with zero attached hydrogens (tertiary/aromatic N) is 2. The highest BCUT2D eigenvalue weighted by atomic mass is 16.1. The van der Waals surface area contributed by atoms with E-state index in [0.29, 0.717) is 17.3 Å². The van der Waals surface area contributed by atoms with E-state index in [9.17, 15) is 4.79 Å². The highest BCUT2D eigenvalue weighted by Gasteiger charge is 2.48. The largest absolute Gasteiger partial charge is 0.351 e. The Morgan fingerprint density at radius 3 is 3.00 bits per heavy atom. The summed E-state index contributed by atoms with van der Waals surface area (Å²) in [7, 11) is 0. The standard InChI is InChI=1S/C11H16N4O/c12-8-1-2-11(5-8)6-15(7-11)9-10(16)14-4-3-13-9/h3-4,8H,1-2,5-7,12H2,(H,14,16)/t8-/m0/s1. The number of H-pyrrole nitrogens is 1. The minimum atomic E-state index is -0.0976. The van der Waals surface area contributed by atoms with Gasteiger partial charge < -0.3 is 15.6 Å². The molecule has 5 heteroatoms. The van der Waals surface area contributed by atoms with Gasteiger partial charge in [-0.05, 0) is 19.3 Å². The van der Waals surface area contributed by atoms with E-state index in [0.717, 1.165) is 25.9 Å². The van der Waals surface area contributed by atoms with Gasteiger partial charge >= 0.3 is 0 Å². The number of aromatic nitrogens is 2. The zero-order valence-electron chi connectivity index (χ0n) is 9.15. The van der Waals surface area contributed by atoms with Crippen LogP contribution in [0, 0.1) is 5.41 Å². The van der Waals surface area contributed by atoms with Crippen LogP contribution in [-0.2, 0) is 0 Å². The van der Waals surface area contributed by atoms with Crippen molar-refractivity contribution < 1.29 is 0 Å². The highest BCUT2D eigenvalue weighted by Crippen LogP contribution is 2.45. The molecule has 2 aliphatic rings. The van der Waals surface area contributed by atoms with Crippen molar-refractivity contribution in [2.24, 2.45) is 11.1 Å². The lowest BCUT2D eigenvalue weighted by Gasteiger charge is -2.48. The van der Waals surface area contributed by atoms with Crippen molar-refractivity contribution in [1.29, 1.82) is 0 Å². The lowest BCUT2D eigenvalue weighted by Crippen LogP contribution is -2.57. The van der Waals surface area contributed by atoms with E-state index in [1.54, 1.807) is 12.4 Å². The first-order valence-corrected chi connectivity index (χ1v) is 5.73. The van der Waals surface area contributed by atoms with Crippen molar-refractivity contribution in [2.75, 3.05) is 18.0 Å². The van der Waals surface area contributed by atoms with Gasteiger partial charge in [0.15, 0.2) is 5.82 Å². The van der Waals surface area contributed by atoms with E-state index >= 15 is 0 Å². The number of aromatic amines is 1. The molecule has 2 heterocycles. The van der Waals surface area contributed by atoms with E-state index in [4.69, 9.17) is 5.73 Å². The summed E-state index contributed by atoms with van der Waals surface area (Å²) in [6, 6.07) is 0.351. The molecule has 1 spiro atoms. The van der Waals surface area contributed by atoms with Crippen molar-refractivity contribution in [2.45, 2.75) is 25.3 Å². The predicted molar refractivity (Wildman–Crippen MR) is 61.3 cm³/mol. The Kier molecular flexibility index (Phi) is 2.04. The van der Waals surface area contributed by atoms with Gasteiger partial charge in [0.05, 0.1) is 0 Å². The molecule has 1 atom stereocenters. The summed E-state index contributed by atoms with van der Waals surface area (Å²) in [5, 5.41) is 0. The predicted octanol–water partition coefficient (Wildman–Crippen LogP) is 0.0875. The Morgan fingerprint density at radius 2 is 2.38 bits per heavy atom. The SMILES string of the molecule is N[C@H]1CCC2(C1)CN(c1ncc[nH]c1=O)C2. The third kappa shape index (κ3) is 1.43. The molecule has 3 rings (SSSR count). The minimum Gasteiger partial charge on any atom is -0.351 e. The molecule has 0 aromatic carbocycles. The van der Waals surface area contributed by atoms with Gasteiger partial charge in [-0.25, -0.2) is 4.98 Å². The highest BCUT2D eigenvalue weighted by molar-refractivity contribution is 5.41. The van der Waals surface area contributed by atoms with Gasteiger partial charge in [-0.2, -0.15) is 0 Å². The van der Waals surface area contributed by atoms with Crippen LogP contribution in [0.4, 0.5) is 5.82 Å². The van der Waals surface area contributed by atoms with Crippen LogP contribution < -0.4 is 16.2 Å². The van der Waals surface area contributed by atoms with Gasteiger partial charge in [0, 0.05) is 36.9 Å². The molecule has 0 radical (unpaired) electrons. The molecule has 16 heavy (non-hydrogen) atoms. The van der Waals surface area contributed by atoms with Crippen molar-refractivity contribution in [3.05, 3.63) is 22.7 Å². The smallest absolute Gasteiger partial charge is 0.290 e. The van der Waals surface area contributed by atoms with Crippen LogP contribution >= 0.6 is 0 Å². The summed E-state index contributed by atoms with van der Waals surface area (Å²) in [6.07, 6.45) is 6.59. The van der Waals surface area contributed by atoms with E-state index in [1.807, 2.05) is 0 Å². The van der Waals surface area contributed by atoms with E-state index < -0.39 is 0 Å². The fraction of sp³-hybridized carbons (Fsp3) is 0.636. The molecule has 1 aliphatic carbocycles. The van der Waals surface area contributed by atoms with Crippen molar-refractivity contribution in [3.63, 3.8) is 0 Å². The van der Waals surface area contributed by atoms with Gasteiger partial charge in [-0.15, -0.1) is 0 Å². The van der Waals surface area contributed by atoms with Gasteiger partial charge in [0.1, 0.15) is 0 Å². The summed E-state index contributed by atoms with van der Waals surface area (Å²) in [4.78, 5) is 20.4. The summed E-state index contributed by atoms with van der Waals surface area (Å²) < 4.78 is 0. The zero-order chi connectivity index (χ0) is 11.2. The van der Waals surface area contributed by atoms with E-state index in [2.05, 4.69) is 14.9 Å². The fourth-order valence-electron chi connectivity index (χ4n) is 3.02. The maximum atomic E-state index is 11.5. The molecule has 2 fully saturated rings. The monoisotopic (exact) mass is 220 g/mol. The molecule has 1 saturated heterocycles. The Hall–Kier alpha value is -1.36. The normalized spacial score (nSPS) is 27.1. The first-order chi connectivity index (χ1) is 7.69. The first kappa shape index (κ1) is 9.84. The second kappa shape index (κ2) is 3.31. The average molecular weight is 220 g/mol. The molecule has 1 saturated carbocycles. The van der Waals surface area contributed by atoms with E-state index in [1.165, 1.54) is 6.42 Å². The zero-order valence-corrected chi connectivity index (χ0v) is 9.15. The van der Waals surface area contributed by atoms with Crippen molar-refractivity contribution in [1.82, 2.24) is 9.97 Å². The van der Waals surface area contributed by atoms with Crippen LogP contribution in [0.1, 0.15) is 19.3 Å². The molecule has 0 bridgehead atoms. The number of anilines is 1. The molecule has 0 amide bonds. The van der Waals surface area contributed by atoms with Gasteiger partial charge in [-0.3, -0.25) is 4.79 Å². The number of rotatable bonds is 1. The molecule has 1 aromatic rings. The van der Waals surface area contributed by atoms with Crippen molar-refractivity contribution in [3.8, 4) is 0 Å². The van der Waals surface area contributed by atoms with Crippen LogP contribution in [0.15, 0.2) is 17.2 Å². The van der Waals surface area contributed by atoms with Gasteiger partial charge in [0.25, 0.3) is 5.56 Å². The third-order valence-corrected chi connectivity index (χ3v) is 3.78. The number of nitrogens with two attached hydrogens (primary N) is 1. The number of nitrogens with one attached hydrogen (secondary N) is 1. The summed E-state index contributed by atoms with van der Waals surface area (Å²) >= 11 is 0. The summed E-state index contributed by atoms with van der Waals surface area (Å²) in [5.41, 5.74) is 6.20. The van der Waals surface area contributed by atoms with Crippen LogP contribution in [0.2, 0.25) is 0 Å². The third-order valence-electron chi connectivity index (χ3n) is 3.78. The lowest BCUT2D eigenvalue weighted by molar-refractivity contribution is 0.217. The number of hydrogen-bond donors (Lipinski definition) is 2. The van der Waals surface area contributed by atoms with Crippen molar-refractivity contribution >= 4 is 5.82 Å². The Balaban J connectivity index is 1.74. The second-order valence-electron chi connectivity index (χ2n) is 5.10. The quantitative estimate of drug-likeness (QED) is 0.703. The summed E-state index contributed by atoms with van der Waals surface area (Å²) in [5.74, 6) is 0.550. The number of hydrogen-bond acceptors (Lipinski definition) is 4. The maximum Gasteiger partial charge on any atom is 0.290 e.